The molecule has 0 atom stereocenters. The second-order valence-corrected chi connectivity index (χ2v) is 5.84. The number of aromatic nitrogens is 1. The van der Waals surface area contributed by atoms with Crippen LogP contribution in [0.2, 0.25) is 5.02 Å². The molecule has 1 aromatic heterocycles. The minimum atomic E-state index is -4.08. The zero-order chi connectivity index (χ0) is 14.9. The van der Waals surface area contributed by atoms with Crippen LogP contribution in [0.5, 0.6) is 0 Å². The molecule has 0 unspecified atom stereocenters. The van der Waals surface area contributed by atoms with Crippen LogP contribution >= 0.6 is 11.6 Å². The Hall–Kier alpha value is -1.93. The summed E-state index contributed by atoms with van der Waals surface area (Å²) >= 11 is 5.52. The molecule has 106 valence electrons. The van der Waals surface area contributed by atoms with E-state index in [0.29, 0.717) is 6.07 Å². The third-order valence-electron chi connectivity index (χ3n) is 2.31. The fourth-order valence-electron chi connectivity index (χ4n) is 1.37. The first-order valence-electron chi connectivity index (χ1n) is 5.16. The molecule has 2 rings (SSSR count). The molecule has 0 aliphatic rings. The summed E-state index contributed by atoms with van der Waals surface area (Å²) in [6.07, 6.45) is 0.941. The SMILES string of the molecule is O=c1[nH]cc(S(=O)(=O)Nc2ccc(F)c(F)c2)cc1Cl. The average Bonchev–Trinajstić information content (AvgIpc) is 2.37. The summed E-state index contributed by atoms with van der Waals surface area (Å²) in [4.78, 5) is 12.9. The molecule has 20 heavy (non-hydrogen) atoms. The van der Waals surface area contributed by atoms with Crippen molar-refractivity contribution in [2.75, 3.05) is 4.72 Å². The first kappa shape index (κ1) is 14.5. The summed E-state index contributed by atoms with van der Waals surface area (Å²) in [7, 11) is -4.08. The Kier molecular flexibility index (Phi) is 3.78. The van der Waals surface area contributed by atoms with Gasteiger partial charge in [0.2, 0.25) is 0 Å². The van der Waals surface area contributed by atoms with Crippen molar-refractivity contribution in [3.8, 4) is 0 Å². The lowest BCUT2D eigenvalue weighted by atomic mass is 10.3. The van der Waals surface area contributed by atoms with E-state index in [9.17, 15) is 22.0 Å². The molecule has 0 saturated carbocycles. The van der Waals surface area contributed by atoms with E-state index in [-0.39, 0.29) is 15.6 Å². The zero-order valence-corrected chi connectivity index (χ0v) is 11.2. The number of nitrogens with one attached hydrogen (secondary N) is 2. The lowest BCUT2D eigenvalue weighted by Crippen LogP contribution is -2.16. The highest BCUT2D eigenvalue weighted by molar-refractivity contribution is 7.92. The fourth-order valence-corrected chi connectivity index (χ4v) is 2.65. The number of pyridine rings is 1. The first-order chi connectivity index (χ1) is 9.29. The monoisotopic (exact) mass is 320 g/mol. The van der Waals surface area contributed by atoms with Crippen molar-refractivity contribution in [2.45, 2.75) is 4.90 Å². The van der Waals surface area contributed by atoms with Gasteiger partial charge in [0.15, 0.2) is 11.6 Å². The molecule has 1 aromatic carbocycles. The smallest absolute Gasteiger partial charge is 0.266 e. The Morgan fingerprint density at radius 3 is 2.45 bits per heavy atom. The van der Waals surface area contributed by atoms with Crippen LogP contribution in [0.15, 0.2) is 40.2 Å². The molecular weight excluding hydrogens is 314 g/mol. The van der Waals surface area contributed by atoms with Gasteiger partial charge in [-0.1, -0.05) is 11.6 Å². The number of sulfonamides is 1. The number of anilines is 1. The summed E-state index contributed by atoms with van der Waals surface area (Å²) in [5.41, 5.74) is -0.801. The Morgan fingerprint density at radius 1 is 1.15 bits per heavy atom. The Labute approximate surface area is 117 Å². The normalized spacial score (nSPS) is 11.3. The van der Waals surface area contributed by atoms with Gasteiger partial charge in [-0.05, 0) is 18.2 Å². The molecule has 0 saturated heterocycles. The van der Waals surface area contributed by atoms with Gasteiger partial charge >= 0.3 is 0 Å². The van der Waals surface area contributed by atoms with Crippen LogP contribution in [0, 0.1) is 11.6 Å². The third kappa shape index (κ3) is 2.97. The van der Waals surface area contributed by atoms with Crippen molar-refractivity contribution in [3.05, 3.63) is 57.5 Å². The van der Waals surface area contributed by atoms with Crippen LogP contribution in [-0.4, -0.2) is 13.4 Å². The topological polar surface area (TPSA) is 79.0 Å². The van der Waals surface area contributed by atoms with Gasteiger partial charge in [-0.15, -0.1) is 0 Å². The number of hydrogen-bond donors (Lipinski definition) is 2. The summed E-state index contributed by atoms with van der Waals surface area (Å²) in [6, 6.07) is 3.49. The van der Waals surface area contributed by atoms with Gasteiger partial charge in [-0.3, -0.25) is 9.52 Å². The van der Waals surface area contributed by atoms with E-state index in [4.69, 9.17) is 11.6 Å². The molecule has 2 N–H and O–H groups in total. The number of rotatable bonds is 3. The zero-order valence-electron chi connectivity index (χ0n) is 9.65. The highest BCUT2D eigenvalue weighted by Crippen LogP contribution is 2.18. The minimum Gasteiger partial charge on any atom is -0.326 e. The summed E-state index contributed by atoms with van der Waals surface area (Å²) < 4.78 is 51.7. The maximum absolute atomic E-state index is 13.0. The molecule has 2 aromatic rings. The largest absolute Gasteiger partial charge is 0.326 e. The molecule has 5 nitrogen and oxygen atoms in total. The van der Waals surface area contributed by atoms with E-state index in [2.05, 4.69) is 4.98 Å². The quantitative estimate of drug-likeness (QED) is 0.909. The van der Waals surface area contributed by atoms with E-state index >= 15 is 0 Å². The highest BCUT2D eigenvalue weighted by Gasteiger charge is 2.16. The van der Waals surface area contributed by atoms with Crippen molar-refractivity contribution in [3.63, 3.8) is 0 Å². The van der Waals surface area contributed by atoms with Crippen LogP contribution in [-0.2, 0) is 10.0 Å². The highest BCUT2D eigenvalue weighted by atomic mass is 35.5. The lowest BCUT2D eigenvalue weighted by Gasteiger charge is -2.08. The lowest BCUT2D eigenvalue weighted by molar-refractivity contribution is 0.509. The molecule has 0 fully saturated rings. The van der Waals surface area contributed by atoms with Crippen LogP contribution in [0.1, 0.15) is 0 Å². The summed E-state index contributed by atoms with van der Waals surface area (Å²) in [5.74, 6) is -2.29. The van der Waals surface area contributed by atoms with Crippen LogP contribution in [0.3, 0.4) is 0 Å². The van der Waals surface area contributed by atoms with Gasteiger partial charge in [0.25, 0.3) is 15.6 Å². The first-order valence-corrected chi connectivity index (χ1v) is 7.02. The van der Waals surface area contributed by atoms with Gasteiger partial charge in [0, 0.05) is 12.3 Å². The van der Waals surface area contributed by atoms with E-state index in [1.165, 1.54) is 0 Å². The average molecular weight is 321 g/mol. The van der Waals surface area contributed by atoms with Gasteiger partial charge in [-0.2, -0.15) is 0 Å². The van der Waals surface area contributed by atoms with E-state index in [1.807, 2.05) is 4.72 Å². The maximum atomic E-state index is 13.0. The molecule has 0 aliphatic heterocycles. The van der Waals surface area contributed by atoms with Gasteiger partial charge in [0.05, 0.1) is 5.69 Å². The molecule has 0 bridgehead atoms. The van der Waals surface area contributed by atoms with E-state index < -0.39 is 27.2 Å². The Morgan fingerprint density at radius 2 is 1.85 bits per heavy atom. The third-order valence-corrected chi connectivity index (χ3v) is 3.96. The number of aromatic amines is 1. The Balaban J connectivity index is 2.37. The van der Waals surface area contributed by atoms with Crippen LogP contribution < -0.4 is 10.3 Å². The Bertz CT molecular complexity index is 821. The van der Waals surface area contributed by atoms with Crippen molar-refractivity contribution in [1.29, 1.82) is 0 Å². The van der Waals surface area contributed by atoms with Gasteiger partial charge < -0.3 is 4.98 Å². The van der Waals surface area contributed by atoms with Crippen LogP contribution in [0.25, 0.3) is 0 Å². The molecule has 9 heteroatoms. The van der Waals surface area contributed by atoms with Crippen molar-refractivity contribution in [2.24, 2.45) is 0 Å². The van der Waals surface area contributed by atoms with E-state index in [0.717, 1.165) is 24.4 Å². The fraction of sp³-hybridized carbons (Fsp3) is 0. The van der Waals surface area contributed by atoms with Crippen molar-refractivity contribution in [1.82, 2.24) is 4.98 Å². The predicted octanol–water partition coefficient (Wildman–Crippen LogP) is 2.11. The number of benzene rings is 1. The molecule has 1 heterocycles. The molecular formula is C11H7ClF2N2O3S. The van der Waals surface area contributed by atoms with Gasteiger partial charge in [0.1, 0.15) is 9.92 Å². The molecule has 0 amide bonds. The van der Waals surface area contributed by atoms with Crippen molar-refractivity contribution < 1.29 is 17.2 Å². The van der Waals surface area contributed by atoms with Gasteiger partial charge in [-0.25, -0.2) is 17.2 Å². The predicted molar refractivity (Wildman–Crippen MR) is 69.2 cm³/mol. The molecule has 0 radical (unpaired) electrons. The summed E-state index contributed by atoms with van der Waals surface area (Å²) in [5, 5.41) is -0.307. The second-order valence-electron chi connectivity index (χ2n) is 3.75. The number of H-pyrrole nitrogens is 1. The van der Waals surface area contributed by atoms with E-state index in [1.54, 1.807) is 0 Å². The second kappa shape index (κ2) is 5.22. The number of hydrogen-bond acceptors (Lipinski definition) is 3. The minimum absolute atomic E-state index is 0.161. The summed E-state index contributed by atoms with van der Waals surface area (Å²) in [6.45, 7) is 0. The standard InChI is InChI=1S/C11H7ClF2N2O3S/c12-8-4-7(5-15-11(8)17)20(18,19)16-6-1-2-9(13)10(14)3-6/h1-5,16H,(H,15,17). The van der Waals surface area contributed by atoms with Crippen LogP contribution in [0.4, 0.5) is 14.5 Å². The molecule has 0 aliphatic carbocycles. The molecule has 0 spiro atoms. The van der Waals surface area contributed by atoms with Crippen molar-refractivity contribution >= 4 is 27.3 Å². The number of halogens is 3. The maximum Gasteiger partial charge on any atom is 0.266 e.